The predicted octanol–water partition coefficient (Wildman–Crippen LogP) is 5.66. The molecule has 143 valence electrons. The molecule has 2 heterocycles. The van der Waals surface area contributed by atoms with E-state index in [-0.39, 0.29) is 26.5 Å². The third kappa shape index (κ3) is 3.99. The summed E-state index contributed by atoms with van der Waals surface area (Å²) in [7, 11) is 0. The van der Waals surface area contributed by atoms with Crippen molar-refractivity contribution < 1.29 is 20.4 Å². The molecule has 0 bridgehead atoms. The maximum atomic E-state index is 4.96. The molecule has 5 heteroatoms. The van der Waals surface area contributed by atoms with Gasteiger partial charge in [0.15, 0.2) is 0 Å². The van der Waals surface area contributed by atoms with E-state index in [1.807, 2.05) is 42.5 Å². The molecule has 0 spiro atoms. The Labute approximate surface area is 184 Å². The first-order valence-electron chi connectivity index (χ1n) is 9.30. The molecule has 0 saturated carbocycles. The average molecular weight is 549 g/mol. The minimum Gasteiger partial charge on any atom is -0.650 e. The van der Waals surface area contributed by atoms with Crippen molar-refractivity contribution in [2.45, 2.75) is 12.6 Å². The summed E-state index contributed by atoms with van der Waals surface area (Å²) in [4.78, 5) is 9.22. The summed E-state index contributed by atoms with van der Waals surface area (Å²) in [6, 6.07) is 28.6. The van der Waals surface area contributed by atoms with Crippen molar-refractivity contribution in [3.05, 3.63) is 113 Å². The van der Waals surface area contributed by atoms with Gasteiger partial charge in [0.25, 0.3) is 0 Å². The molecule has 1 radical (unpaired) electrons. The molecule has 1 atom stereocenters. The molecule has 4 aromatic rings. The molecule has 1 N–H and O–H groups in total. The third-order valence-electron chi connectivity index (χ3n) is 4.89. The summed E-state index contributed by atoms with van der Waals surface area (Å²) in [5, 5.41) is 8.22. The molecule has 0 aliphatic carbocycles. The van der Waals surface area contributed by atoms with Crippen molar-refractivity contribution in [1.82, 2.24) is 9.97 Å². The number of para-hydroxylation sites is 1. The van der Waals surface area contributed by atoms with Crippen LogP contribution in [0.3, 0.4) is 0 Å². The summed E-state index contributed by atoms with van der Waals surface area (Å²) in [5.41, 5.74) is 6.19. The summed E-state index contributed by atoms with van der Waals surface area (Å²) in [6.07, 6.45) is 3.16. The zero-order chi connectivity index (χ0) is 18.8. The van der Waals surface area contributed by atoms with E-state index in [1.54, 1.807) is 0 Å². The third-order valence-corrected chi connectivity index (χ3v) is 4.89. The van der Waals surface area contributed by atoms with Gasteiger partial charge >= 0.3 is 0 Å². The molecular formula is C24H18N4Re-2. The Morgan fingerprint density at radius 2 is 1.55 bits per heavy atom. The van der Waals surface area contributed by atoms with Crippen LogP contribution in [0.1, 0.15) is 22.7 Å². The first-order valence-corrected chi connectivity index (χ1v) is 9.30. The first-order chi connectivity index (χ1) is 13.9. The average Bonchev–Trinajstić information content (AvgIpc) is 2.92. The van der Waals surface area contributed by atoms with Gasteiger partial charge < -0.3 is 20.6 Å². The Balaban J connectivity index is 0.00000205. The number of hydrogen-bond acceptors (Lipinski definition) is 3. The Morgan fingerprint density at radius 1 is 0.862 bits per heavy atom. The fourth-order valence-electron chi connectivity index (χ4n) is 3.56. The summed E-state index contributed by atoms with van der Waals surface area (Å²) < 4.78 is 0. The van der Waals surface area contributed by atoms with Crippen LogP contribution in [0.15, 0.2) is 84.9 Å². The Bertz CT molecular complexity index is 1100. The van der Waals surface area contributed by atoms with Crippen molar-refractivity contribution in [1.29, 1.82) is 0 Å². The van der Waals surface area contributed by atoms with Crippen LogP contribution in [0.4, 0.5) is 11.6 Å². The minimum atomic E-state index is -0.0227. The van der Waals surface area contributed by atoms with E-state index < -0.39 is 0 Å². The number of fused-ring (bicyclic) bond motifs is 3. The van der Waals surface area contributed by atoms with Gasteiger partial charge in [0.05, 0.1) is 0 Å². The monoisotopic (exact) mass is 549 g/mol. The van der Waals surface area contributed by atoms with Gasteiger partial charge in [-0.3, -0.25) is 0 Å². The second-order valence-electron chi connectivity index (χ2n) is 6.72. The van der Waals surface area contributed by atoms with E-state index in [2.05, 4.69) is 59.0 Å². The van der Waals surface area contributed by atoms with Crippen molar-refractivity contribution in [3.8, 4) is 11.3 Å². The van der Waals surface area contributed by atoms with E-state index in [4.69, 9.17) is 10.3 Å². The van der Waals surface area contributed by atoms with Gasteiger partial charge in [0.1, 0.15) is 5.95 Å². The first kappa shape index (κ1) is 19.5. The summed E-state index contributed by atoms with van der Waals surface area (Å²) >= 11 is 0. The van der Waals surface area contributed by atoms with E-state index >= 15 is 0 Å². The van der Waals surface area contributed by atoms with Crippen molar-refractivity contribution in [2.24, 2.45) is 0 Å². The largest absolute Gasteiger partial charge is 0.650 e. The molecule has 4 nitrogen and oxygen atoms in total. The van der Waals surface area contributed by atoms with Gasteiger partial charge in [0.2, 0.25) is 0 Å². The van der Waals surface area contributed by atoms with E-state index in [1.165, 1.54) is 5.56 Å². The quantitative estimate of drug-likeness (QED) is 0.336. The molecule has 1 unspecified atom stereocenters. The molecule has 3 aromatic carbocycles. The van der Waals surface area contributed by atoms with Crippen LogP contribution in [0.25, 0.3) is 16.6 Å². The van der Waals surface area contributed by atoms with Gasteiger partial charge in [-0.2, -0.15) is 0 Å². The normalized spacial score (nSPS) is 14.7. The number of nitrogens with zero attached hydrogens (tertiary/aromatic N) is 3. The fraction of sp³-hybridized carbons (Fsp3) is 0.0833. The van der Waals surface area contributed by atoms with Crippen LogP contribution in [-0.4, -0.2) is 9.97 Å². The Hall–Kier alpha value is -2.84. The molecule has 0 fully saturated rings. The van der Waals surface area contributed by atoms with E-state index in [0.29, 0.717) is 12.5 Å². The number of rotatable bonds is 3. The molecule has 0 saturated heterocycles. The van der Waals surface area contributed by atoms with Crippen LogP contribution in [0, 0.1) is 6.20 Å². The van der Waals surface area contributed by atoms with Crippen molar-refractivity contribution in [3.63, 3.8) is 0 Å². The van der Waals surface area contributed by atoms with Crippen molar-refractivity contribution in [2.75, 3.05) is 5.32 Å². The van der Waals surface area contributed by atoms with Crippen LogP contribution in [0.2, 0.25) is 0 Å². The minimum absolute atomic E-state index is 0. The smallest absolute Gasteiger partial charge is 0.111 e. The number of anilines is 2. The number of hydrogen-bond donors (Lipinski definition) is 1. The van der Waals surface area contributed by atoms with E-state index in [0.717, 1.165) is 28.1 Å². The van der Waals surface area contributed by atoms with E-state index in [9.17, 15) is 0 Å². The Morgan fingerprint density at radius 3 is 2.34 bits per heavy atom. The van der Waals surface area contributed by atoms with Gasteiger partial charge in [-0.1, -0.05) is 102 Å². The van der Waals surface area contributed by atoms with Crippen LogP contribution >= 0.6 is 0 Å². The SMILES string of the molecule is [Re].[c-]1nc(Nc2ccccc2)nc2c1C[N-]C(c1ccccc1)c1ccccc1-2. The second kappa shape index (κ2) is 8.67. The molecule has 1 aromatic heterocycles. The molecule has 5 rings (SSSR count). The van der Waals surface area contributed by atoms with Gasteiger partial charge in [-0.25, -0.2) is 0 Å². The molecule has 0 amide bonds. The zero-order valence-electron chi connectivity index (χ0n) is 15.6. The maximum Gasteiger partial charge on any atom is 0.111 e. The predicted molar refractivity (Wildman–Crippen MR) is 111 cm³/mol. The van der Waals surface area contributed by atoms with Gasteiger partial charge in [-0.05, 0) is 17.8 Å². The van der Waals surface area contributed by atoms with Crippen LogP contribution in [-0.2, 0) is 27.0 Å². The van der Waals surface area contributed by atoms with Crippen molar-refractivity contribution >= 4 is 11.6 Å². The Kier molecular flexibility index (Phi) is 5.82. The number of nitrogens with one attached hydrogen (secondary N) is 1. The standard InChI is InChI=1S/C24H18N4.Re/c1-3-9-17(10-4-1)22-20-13-7-8-14-21(20)23-18(15-25-22)16-26-24(28-23)27-19-11-5-2-6-12-19;/h1-14,22H,15H2,(H,26,27,28);/q-2;. The fourth-order valence-corrected chi connectivity index (χ4v) is 3.56. The molecular weight excluding hydrogens is 530 g/mol. The van der Waals surface area contributed by atoms with Gasteiger partial charge in [0, 0.05) is 26.1 Å². The molecule has 1 aliphatic heterocycles. The zero-order valence-corrected chi connectivity index (χ0v) is 18.3. The molecule has 1 aliphatic rings. The summed E-state index contributed by atoms with van der Waals surface area (Å²) in [6.45, 7) is 0.537. The number of benzene rings is 3. The number of aromatic nitrogens is 2. The summed E-state index contributed by atoms with van der Waals surface area (Å²) in [5.74, 6) is 0.540. The second-order valence-corrected chi connectivity index (χ2v) is 6.72. The maximum absolute atomic E-state index is 4.96. The topological polar surface area (TPSA) is 51.9 Å². The van der Waals surface area contributed by atoms with Gasteiger partial charge in [-0.15, -0.1) is 12.1 Å². The molecule has 29 heavy (non-hydrogen) atoms. The van der Waals surface area contributed by atoms with Crippen LogP contribution < -0.4 is 5.32 Å². The van der Waals surface area contributed by atoms with Crippen LogP contribution in [0.5, 0.6) is 0 Å².